The normalized spacial score (nSPS) is 14.4. The highest BCUT2D eigenvalue weighted by Crippen LogP contribution is 2.39. The largest absolute Gasteiger partial charge is 0.315 e. The van der Waals surface area contributed by atoms with Crippen LogP contribution in [0.2, 0.25) is 0 Å². The molecular formula is C23H18FNS. The summed E-state index contributed by atoms with van der Waals surface area (Å²) in [5.74, 6) is -0.244. The lowest BCUT2D eigenvalue weighted by Crippen LogP contribution is -2.19. The fourth-order valence-corrected chi connectivity index (χ4v) is 4.17. The minimum Gasteiger partial charge on any atom is -0.315 e. The number of allylic oxidation sites excluding steroid dienone is 4. The van der Waals surface area contributed by atoms with E-state index >= 15 is 0 Å². The Morgan fingerprint density at radius 3 is 2.50 bits per heavy atom. The van der Waals surface area contributed by atoms with Gasteiger partial charge in [-0.2, -0.15) is 0 Å². The summed E-state index contributed by atoms with van der Waals surface area (Å²) < 4.78 is 14.6. The molecule has 3 heteroatoms. The van der Waals surface area contributed by atoms with E-state index in [2.05, 4.69) is 42.3 Å². The smallest absolute Gasteiger partial charge is 0.123 e. The predicted molar refractivity (Wildman–Crippen MR) is 111 cm³/mol. The fraction of sp³-hybridized carbons (Fsp3) is 0.0435. The SMILES string of the molecule is C=C(C)C1=CN(c2ccc(F)cc2)C(c2cc3ccccc3s2)=CC1=C. The van der Waals surface area contributed by atoms with Gasteiger partial charge in [0.05, 0.1) is 10.6 Å². The first-order valence-corrected chi connectivity index (χ1v) is 9.17. The number of nitrogens with zero attached hydrogens (tertiary/aromatic N) is 1. The summed E-state index contributed by atoms with van der Waals surface area (Å²) in [4.78, 5) is 3.23. The number of anilines is 1. The molecule has 0 saturated carbocycles. The first kappa shape index (κ1) is 16.6. The second kappa shape index (κ2) is 6.43. The van der Waals surface area contributed by atoms with Gasteiger partial charge < -0.3 is 4.90 Å². The lowest BCUT2D eigenvalue weighted by Gasteiger charge is -2.29. The van der Waals surface area contributed by atoms with Crippen molar-refractivity contribution in [3.8, 4) is 0 Å². The molecule has 1 nitrogen and oxygen atoms in total. The van der Waals surface area contributed by atoms with Crippen LogP contribution in [0.15, 0.2) is 96.8 Å². The first-order valence-electron chi connectivity index (χ1n) is 8.35. The highest BCUT2D eigenvalue weighted by Gasteiger charge is 2.21. The van der Waals surface area contributed by atoms with Gasteiger partial charge in [0.25, 0.3) is 0 Å². The van der Waals surface area contributed by atoms with Crippen molar-refractivity contribution in [2.75, 3.05) is 4.90 Å². The highest BCUT2D eigenvalue weighted by atomic mass is 32.1. The molecule has 0 aliphatic carbocycles. The molecule has 0 bridgehead atoms. The average molecular weight is 359 g/mol. The Kier molecular flexibility index (Phi) is 4.09. The minimum atomic E-state index is -0.244. The molecule has 0 radical (unpaired) electrons. The van der Waals surface area contributed by atoms with E-state index in [-0.39, 0.29) is 5.82 Å². The monoisotopic (exact) mass is 359 g/mol. The molecule has 0 fully saturated rings. The first-order chi connectivity index (χ1) is 12.5. The molecule has 0 amide bonds. The summed E-state index contributed by atoms with van der Waals surface area (Å²) in [6.45, 7) is 10.2. The van der Waals surface area contributed by atoms with Crippen LogP contribution in [0.3, 0.4) is 0 Å². The maximum atomic E-state index is 13.4. The molecule has 0 saturated heterocycles. The van der Waals surface area contributed by atoms with Crippen LogP contribution in [0, 0.1) is 5.82 Å². The molecule has 0 atom stereocenters. The molecule has 0 N–H and O–H groups in total. The lowest BCUT2D eigenvalue weighted by molar-refractivity contribution is 0.628. The molecule has 1 aliphatic rings. The van der Waals surface area contributed by atoms with Crippen molar-refractivity contribution >= 4 is 32.8 Å². The number of thiophene rings is 1. The van der Waals surface area contributed by atoms with Crippen LogP contribution in [-0.4, -0.2) is 0 Å². The van der Waals surface area contributed by atoms with Crippen molar-refractivity contribution in [1.82, 2.24) is 0 Å². The second-order valence-corrected chi connectivity index (χ2v) is 7.46. The zero-order chi connectivity index (χ0) is 18.3. The van der Waals surface area contributed by atoms with Crippen LogP contribution < -0.4 is 4.90 Å². The number of halogens is 1. The van der Waals surface area contributed by atoms with Gasteiger partial charge in [-0.3, -0.25) is 0 Å². The van der Waals surface area contributed by atoms with Crippen LogP contribution in [0.1, 0.15) is 11.8 Å². The Balaban J connectivity index is 1.87. The van der Waals surface area contributed by atoms with Crippen LogP contribution >= 0.6 is 11.3 Å². The molecule has 0 spiro atoms. The van der Waals surface area contributed by atoms with E-state index in [0.717, 1.165) is 33.0 Å². The van der Waals surface area contributed by atoms with Crippen LogP contribution in [-0.2, 0) is 0 Å². The molecule has 128 valence electrons. The van der Waals surface area contributed by atoms with E-state index in [4.69, 9.17) is 0 Å². The number of fused-ring (bicyclic) bond motifs is 1. The lowest BCUT2D eigenvalue weighted by atomic mass is 9.97. The van der Waals surface area contributed by atoms with E-state index in [0.29, 0.717) is 0 Å². The van der Waals surface area contributed by atoms with Gasteiger partial charge in [-0.25, -0.2) is 4.39 Å². The van der Waals surface area contributed by atoms with Crippen LogP contribution in [0.4, 0.5) is 10.1 Å². The zero-order valence-electron chi connectivity index (χ0n) is 14.5. The molecular weight excluding hydrogens is 341 g/mol. The van der Waals surface area contributed by atoms with Gasteiger partial charge in [-0.05, 0) is 65.9 Å². The number of hydrogen-bond donors (Lipinski definition) is 0. The predicted octanol–water partition coefficient (Wildman–Crippen LogP) is 6.92. The summed E-state index contributed by atoms with van der Waals surface area (Å²) in [6, 6.07) is 17.1. The maximum Gasteiger partial charge on any atom is 0.123 e. The van der Waals surface area contributed by atoms with E-state index < -0.39 is 0 Å². The van der Waals surface area contributed by atoms with E-state index in [9.17, 15) is 4.39 Å². The summed E-state index contributed by atoms with van der Waals surface area (Å²) in [5, 5.41) is 1.22. The third-order valence-electron chi connectivity index (χ3n) is 4.42. The Morgan fingerprint density at radius 2 is 1.81 bits per heavy atom. The summed E-state index contributed by atoms with van der Waals surface area (Å²) >= 11 is 1.74. The van der Waals surface area contributed by atoms with Crippen molar-refractivity contribution in [2.45, 2.75) is 6.92 Å². The van der Waals surface area contributed by atoms with Gasteiger partial charge in [-0.15, -0.1) is 11.3 Å². The number of benzene rings is 2. The quantitative estimate of drug-likeness (QED) is 0.491. The molecule has 3 aromatic rings. The van der Waals surface area contributed by atoms with Crippen molar-refractivity contribution in [1.29, 1.82) is 0 Å². The van der Waals surface area contributed by atoms with Crippen molar-refractivity contribution in [3.63, 3.8) is 0 Å². The number of hydrogen-bond acceptors (Lipinski definition) is 2. The molecule has 2 heterocycles. The van der Waals surface area contributed by atoms with Gasteiger partial charge in [0, 0.05) is 22.2 Å². The van der Waals surface area contributed by atoms with E-state index in [1.807, 2.05) is 25.3 Å². The van der Waals surface area contributed by atoms with Gasteiger partial charge in [0.15, 0.2) is 0 Å². The molecule has 1 aliphatic heterocycles. The number of rotatable bonds is 3. The molecule has 1 aromatic heterocycles. The molecule has 26 heavy (non-hydrogen) atoms. The van der Waals surface area contributed by atoms with Crippen molar-refractivity contribution in [2.24, 2.45) is 0 Å². The Morgan fingerprint density at radius 1 is 1.08 bits per heavy atom. The fourth-order valence-electron chi connectivity index (χ4n) is 3.09. The molecule has 4 rings (SSSR count). The van der Waals surface area contributed by atoms with E-state index in [1.54, 1.807) is 23.5 Å². The summed E-state index contributed by atoms with van der Waals surface area (Å²) in [6.07, 6.45) is 4.12. The van der Waals surface area contributed by atoms with Crippen LogP contribution in [0.5, 0.6) is 0 Å². The molecule has 0 unspecified atom stereocenters. The average Bonchev–Trinajstić information content (AvgIpc) is 3.06. The Hall–Kier alpha value is -2.91. The Bertz CT molecular complexity index is 1050. The highest BCUT2D eigenvalue weighted by molar-refractivity contribution is 7.20. The topological polar surface area (TPSA) is 3.24 Å². The zero-order valence-corrected chi connectivity index (χ0v) is 15.3. The van der Waals surface area contributed by atoms with Crippen molar-refractivity contribution in [3.05, 3.63) is 107 Å². The minimum absolute atomic E-state index is 0.244. The third kappa shape index (κ3) is 2.91. The Labute approximate surface area is 156 Å². The molecule has 2 aromatic carbocycles. The van der Waals surface area contributed by atoms with Gasteiger partial charge >= 0.3 is 0 Å². The van der Waals surface area contributed by atoms with Crippen molar-refractivity contribution < 1.29 is 4.39 Å². The summed E-state index contributed by atoms with van der Waals surface area (Å²) in [5.41, 5.74) is 4.82. The van der Waals surface area contributed by atoms with Gasteiger partial charge in [0.1, 0.15) is 5.82 Å². The maximum absolute atomic E-state index is 13.4. The third-order valence-corrected chi connectivity index (χ3v) is 5.56. The van der Waals surface area contributed by atoms with Gasteiger partial charge in [0.2, 0.25) is 0 Å². The second-order valence-electron chi connectivity index (χ2n) is 6.37. The van der Waals surface area contributed by atoms with E-state index in [1.165, 1.54) is 22.2 Å². The van der Waals surface area contributed by atoms with Gasteiger partial charge in [-0.1, -0.05) is 31.4 Å². The standard InChI is InChI=1S/C23H18FNS/c1-15(2)20-14-25(19-10-8-18(24)9-11-19)21(12-16(20)3)23-13-17-6-4-5-7-22(17)26-23/h4-14H,1,3H2,2H3. The van der Waals surface area contributed by atoms with Crippen LogP contribution in [0.25, 0.3) is 15.8 Å². The summed E-state index contributed by atoms with van der Waals surface area (Å²) in [7, 11) is 0.